The molecule has 0 aliphatic carbocycles. The number of hydrogen-bond donors (Lipinski definition) is 2. The molecular formula is C12H10F3N7O. The minimum atomic E-state index is -4.60. The highest BCUT2D eigenvalue weighted by molar-refractivity contribution is 5.73. The maximum absolute atomic E-state index is 12.7. The second-order valence-electron chi connectivity index (χ2n) is 4.90. The molecule has 2 N–H and O–H groups in total. The van der Waals surface area contributed by atoms with Crippen molar-refractivity contribution in [3.63, 3.8) is 0 Å². The Bertz CT molecular complexity index is 834. The number of alkyl halides is 3. The number of hydrogen-bond acceptors (Lipinski definition) is 5. The predicted molar refractivity (Wildman–Crippen MR) is 69.8 cm³/mol. The molecule has 23 heavy (non-hydrogen) atoms. The summed E-state index contributed by atoms with van der Waals surface area (Å²) in [6.07, 6.45) is -1.54. The van der Waals surface area contributed by atoms with Crippen LogP contribution >= 0.6 is 0 Å². The van der Waals surface area contributed by atoms with E-state index in [1.165, 1.54) is 6.33 Å². The first-order valence-corrected chi connectivity index (χ1v) is 6.70. The van der Waals surface area contributed by atoms with Crippen molar-refractivity contribution in [1.29, 1.82) is 0 Å². The fourth-order valence-electron chi connectivity index (χ4n) is 2.48. The van der Waals surface area contributed by atoms with E-state index >= 15 is 0 Å². The van der Waals surface area contributed by atoms with Crippen molar-refractivity contribution in [1.82, 2.24) is 34.7 Å². The van der Waals surface area contributed by atoms with E-state index in [1.54, 1.807) is 6.20 Å². The number of ether oxygens (including phenoxy) is 1. The number of aromatic nitrogens is 7. The Morgan fingerprint density at radius 2 is 2.13 bits per heavy atom. The molecule has 0 atom stereocenters. The van der Waals surface area contributed by atoms with Crippen molar-refractivity contribution >= 4 is 0 Å². The molecule has 0 spiro atoms. The molecule has 0 bridgehead atoms. The van der Waals surface area contributed by atoms with Gasteiger partial charge in [-0.05, 0) is 0 Å². The molecule has 0 fully saturated rings. The summed E-state index contributed by atoms with van der Waals surface area (Å²) >= 11 is 0. The van der Waals surface area contributed by atoms with Crippen molar-refractivity contribution in [2.24, 2.45) is 0 Å². The number of rotatable bonds is 2. The van der Waals surface area contributed by atoms with Crippen molar-refractivity contribution in [2.45, 2.75) is 19.3 Å². The van der Waals surface area contributed by atoms with Crippen LogP contribution in [-0.2, 0) is 24.1 Å². The summed E-state index contributed by atoms with van der Waals surface area (Å²) in [6.45, 7) is 1.30. The molecule has 3 aromatic rings. The average Bonchev–Trinajstić information content (AvgIpc) is 3.24. The lowest BCUT2D eigenvalue weighted by molar-refractivity contribution is -0.144. The second-order valence-corrected chi connectivity index (χ2v) is 4.90. The van der Waals surface area contributed by atoms with E-state index in [0.29, 0.717) is 30.4 Å². The molecule has 4 heterocycles. The minimum absolute atomic E-state index is 0.121. The van der Waals surface area contributed by atoms with Crippen molar-refractivity contribution in [3.05, 3.63) is 24.2 Å². The topological polar surface area (TPSA) is 97.3 Å². The molecule has 0 aromatic carbocycles. The van der Waals surface area contributed by atoms with Gasteiger partial charge in [0.25, 0.3) is 0 Å². The predicted octanol–water partition coefficient (Wildman–Crippen LogP) is 1.61. The van der Waals surface area contributed by atoms with E-state index in [4.69, 9.17) is 4.74 Å². The SMILES string of the molecule is FC(F)(F)c1nc(-c2nc3n(c2-c2cnc[nH]2)CCOC3)n[nH]1. The van der Waals surface area contributed by atoms with Crippen LogP contribution < -0.4 is 0 Å². The van der Waals surface area contributed by atoms with E-state index in [2.05, 4.69) is 25.0 Å². The molecule has 4 rings (SSSR count). The zero-order valence-corrected chi connectivity index (χ0v) is 11.6. The third kappa shape index (κ3) is 2.29. The number of nitrogens with zero attached hydrogens (tertiary/aromatic N) is 5. The lowest BCUT2D eigenvalue weighted by atomic mass is 10.2. The van der Waals surface area contributed by atoms with Gasteiger partial charge in [-0.15, -0.1) is 0 Å². The minimum Gasteiger partial charge on any atom is -0.372 e. The van der Waals surface area contributed by atoms with E-state index in [-0.39, 0.29) is 18.1 Å². The molecule has 3 aromatic heterocycles. The van der Waals surface area contributed by atoms with Gasteiger partial charge in [-0.2, -0.15) is 18.3 Å². The summed E-state index contributed by atoms with van der Waals surface area (Å²) in [7, 11) is 0. The summed E-state index contributed by atoms with van der Waals surface area (Å²) in [4.78, 5) is 14.8. The first kappa shape index (κ1) is 13.9. The van der Waals surface area contributed by atoms with Crippen LogP contribution in [0.15, 0.2) is 12.5 Å². The van der Waals surface area contributed by atoms with Gasteiger partial charge in [-0.1, -0.05) is 0 Å². The molecule has 0 amide bonds. The van der Waals surface area contributed by atoms with Crippen molar-refractivity contribution in [3.8, 4) is 22.9 Å². The fraction of sp³-hybridized carbons (Fsp3) is 0.333. The van der Waals surface area contributed by atoms with Gasteiger partial charge in [0.15, 0.2) is 0 Å². The number of fused-ring (bicyclic) bond motifs is 1. The highest BCUT2D eigenvalue weighted by Crippen LogP contribution is 2.33. The summed E-state index contributed by atoms with van der Waals surface area (Å²) in [5.41, 5.74) is 1.47. The van der Waals surface area contributed by atoms with Gasteiger partial charge < -0.3 is 14.3 Å². The Balaban J connectivity index is 1.88. The molecule has 1 aliphatic rings. The molecule has 0 radical (unpaired) electrons. The van der Waals surface area contributed by atoms with Crippen LogP contribution in [0, 0.1) is 0 Å². The average molecular weight is 325 g/mol. The van der Waals surface area contributed by atoms with Crippen molar-refractivity contribution in [2.75, 3.05) is 6.61 Å². The van der Waals surface area contributed by atoms with Gasteiger partial charge in [0, 0.05) is 6.54 Å². The summed E-state index contributed by atoms with van der Waals surface area (Å²) in [6, 6.07) is 0. The van der Waals surface area contributed by atoms with Gasteiger partial charge in [0.05, 0.1) is 30.5 Å². The van der Waals surface area contributed by atoms with E-state index in [0.717, 1.165) is 0 Å². The first-order chi connectivity index (χ1) is 11.0. The molecule has 11 heteroatoms. The highest BCUT2D eigenvalue weighted by atomic mass is 19.4. The number of H-pyrrole nitrogens is 2. The molecular weight excluding hydrogens is 315 g/mol. The van der Waals surface area contributed by atoms with Crippen molar-refractivity contribution < 1.29 is 17.9 Å². The third-order valence-corrected chi connectivity index (χ3v) is 3.46. The van der Waals surface area contributed by atoms with Gasteiger partial charge >= 0.3 is 6.18 Å². The zero-order chi connectivity index (χ0) is 16.0. The lowest BCUT2D eigenvalue weighted by Gasteiger charge is -2.16. The second kappa shape index (κ2) is 4.91. The van der Waals surface area contributed by atoms with Gasteiger partial charge in [-0.25, -0.2) is 15.0 Å². The molecule has 120 valence electrons. The number of aromatic amines is 2. The van der Waals surface area contributed by atoms with Crippen LogP contribution in [0.2, 0.25) is 0 Å². The van der Waals surface area contributed by atoms with Crippen LogP contribution in [0.5, 0.6) is 0 Å². The molecule has 8 nitrogen and oxygen atoms in total. The van der Waals surface area contributed by atoms with E-state index < -0.39 is 12.0 Å². The van der Waals surface area contributed by atoms with Crippen LogP contribution in [0.25, 0.3) is 22.9 Å². The fourth-order valence-corrected chi connectivity index (χ4v) is 2.48. The largest absolute Gasteiger partial charge is 0.451 e. The highest BCUT2D eigenvalue weighted by Gasteiger charge is 2.36. The smallest absolute Gasteiger partial charge is 0.372 e. The Kier molecular flexibility index (Phi) is 2.98. The summed E-state index contributed by atoms with van der Waals surface area (Å²) < 4.78 is 45.4. The first-order valence-electron chi connectivity index (χ1n) is 6.70. The standard InChI is InChI=1S/C12H10F3N7O/c13-12(14,15)11-19-10(20-21-11)8-9(6-3-16-5-17-6)22-1-2-23-4-7(22)18-8/h3,5H,1-2,4H2,(H,16,17)(H,19,20,21). The Hall–Kier alpha value is -2.69. The van der Waals surface area contributed by atoms with Crippen LogP contribution in [0.3, 0.4) is 0 Å². The van der Waals surface area contributed by atoms with E-state index in [1.807, 2.05) is 9.67 Å². The maximum Gasteiger partial charge on any atom is 0.451 e. The Labute approximate surface area is 126 Å². The summed E-state index contributed by atoms with van der Waals surface area (Å²) in [5.74, 6) is -0.677. The van der Waals surface area contributed by atoms with Gasteiger partial charge in [-0.3, -0.25) is 5.10 Å². The van der Waals surface area contributed by atoms with E-state index in [9.17, 15) is 13.2 Å². The van der Waals surface area contributed by atoms with Gasteiger partial charge in [0.1, 0.15) is 18.1 Å². The number of halogens is 3. The summed E-state index contributed by atoms with van der Waals surface area (Å²) in [5, 5.41) is 5.56. The van der Waals surface area contributed by atoms with Crippen LogP contribution in [0.1, 0.15) is 11.6 Å². The van der Waals surface area contributed by atoms with Crippen LogP contribution in [0.4, 0.5) is 13.2 Å². The normalized spacial score (nSPS) is 14.9. The maximum atomic E-state index is 12.7. The third-order valence-electron chi connectivity index (χ3n) is 3.46. The Morgan fingerprint density at radius 1 is 1.26 bits per heavy atom. The lowest BCUT2D eigenvalue weighted by Crippen LogP contribution is -2.17. The Morgan fingerprint density at radius 3 is 2.83 bits per heavy atom. The molecule has 0 saturated carbocycles. The number of nitrogens with one attached hydrogen (secondary N) is 2. The van der Waals surface area contributed by atoms with Gasteiger partial charge in [0.2, 0.25) is 11.6 Å². The zero-order valence-electron chi connectivity index (χ0n) is 11.6. The monoisotopic (exact) mass is 325 g/mol. The molecule has 1 aliphatic heterocycles. The molecule has 0 unspecified atom stereocenters. The van der Waals surface area contributed by atoms with Crippen LogP contribution in [-0.4, -0.2) is 41.3 Å². The quantitative estimate of drug-likeness (QED) is 0.746. The number of imidazole rings is 2. The molecule has 0 saturated heterocycles.